The summed E-state index contributed by atoms with van der Waals surface area (Å²) in [5.74, 6) is 3.94. The summed E-state index contributed by atoms with van der Waals surface area (Å²) in [4.78, 5) is 10.1. The topological polar surface area (TPSA) is 25.8 Å². The van der Waals surface area contributed by atoms with Crippen LogP contribution in [0.4, 0.5) is 0 Å². The molecule has 7 rings (SSSR count). The van der Waals surface area contributed by atoms with Gasteiger partial charge < -0.3 is 0 Å². The van der Waals surface area contributed by atoms with Crippen LogP contribution in [0.5, 0.6) is 0 Å². The minimum absolute atomic E-state index is 0.278. The summed E-state index contributed by atoms with van der Waals surface area (Å²) in [5, 5.41) is 3.71. The lowest BCUT2D eigenvalue weighted by Gasteiger charge is -2.56. The predicted octanol–water partition coefficient (Wildman–Crippen LogP) is 5.25. The van der Waals surface area contributed by atoms with Gasteiger partial charge in [-0.05, 0) is 61.7 Å². The van der Waals surface area contributed by atoms with E-state index in [1.165, 1.54) is 54.7 Å². The number of hydrogen-bond donors (Lipinski definition) is 0. The monoisotopic (exact) mass is 314 g/mol. The summed E-state index contributed by atoms with van der Waals surface area (Å²) >= 11 is 0. The number of hydrogen-bond acceptors (Lipinski definition) is 2. The van der Waals surface area contributed by atoms with Gasteiger partial charge in [0.25, 0.3) is 0 Å². The van der Waals surface area contributed by atoms with Crippen LogP contribution in [0.25, 0.3) is 21.7 Å². The molecule has 2 heteroatoms. The molecule has 0 aliphatic heterocycles. The van der Waals surface area contributed by atoms with Crippen molar-refractivity contribution in [2.45, 2.75) is 43.9 Å². The van der Waals surface area contributed by atoms with Gasteiger partial charge in [-0.2, -0.15) is 0 Å². The highest BCUT2D eigenvalue weighted by atomic mass is 14.9. The normalized spacial score (nSPS) is 34.2. The van der Waals surface area contributed by atoms with E-state index in [0.717, 1.165) is 29.1 Å². The highest BCUT2D eigenvalue weighted by molar-refractivity contribution is 6.04. The van der Waals surface area contributed by atoms with E-state index in [1.54, 1.807) is 0 Å². The van der Waals surface area contributed by atoms with Gasteiger partial charge in [-0.3, -0.25) is 0 Å². The van der Waals surface area contributed by atoms with Gasteiger partial charge in [-0.15, -0.1) is 0 Å². The molecule has 0 spiro atoms. The van der Waals surface area contributed by atoms with Crippen LogP contribution in [-0.2, 0) is 5.41 Å². The van der Waals surface area contributed by atoms with Crippen LogP contribution in [0.2, 0.25) is 0 Å². The zero-order chi connectivity index (χ0) is 15.7. The summed E-state index contributed by atoms with van der Waals surface area (Å²) in [7, 11) is 0. The first kappa shape index (κ1) is 13.3. The molecule has 1 heterocycles. The van der Waals surface area contributed by atoms with Crippen LogP contribution < -0.4 is 0 Å². The number of benzene rings is 2. The van der Waals surface area contributed by atoms with Crippen LogP contribution in [0, 0.1) is 17.8 Å². The number of rotatable bonds is 1. The molecular formula is C22H22N2. The molecule has 4 bridgehead atoms. The fraction of sp³-hybridized carbons (Fsp3) is 0.455. The second-order valence-corrected chi connectivity index (χ2v) is 8.62. The molecule has 0 unspecified atom stereocenters. The third kappa shape index (κ3) is 1.77. The number of nitrogens with zero attached hydrogens (tertiary/aromatic N) is 2. The molecule has 120 valence electrons. The lowest BCUT2D eigenvalue weighted by Crippen LogP contribution is -2.49. The maximum atomic E-state index is 5.18. The lowest BCUT2D eigenvalue weighted by atomic mass is 9.49. The van der Waals surface area contributed by atoms with Crippen molar-refractivity contribution in [2.24, 2.45) is 17.8 Å². The Labute approximate surface area is 142 Å². The molecule has 1 aromatic heterocycles. The van der Waals surface area contributed by atoms with Crippen LogP contribution in [0.3, 0.4) is 0 Å². The van der Waals surface area contributed by atoms with Crippen molar-refractivity contribution in [3.8, 4) is 0 Å². The zero-order valence-corrected chi connectivity index (χ0v) is 13.9. The molecule has 0 atom stereocenters. The van der Waals surface area contributed by atoms with E-state index in [-0.39, 0.29) is 5.41 Å². The fourth-order valence-corrected chi connectivity index (χ4v) is 6.41. The molecule has 4 aliphatic carbocycles. The van der Waals surface area contributed by atoms with Gasteiger partial charge in [0.2, 0.25) is 0 Å². The largest absolute Gasteiger partial charge is 0.240 e. The molecule has 4 saturated carbocycles. The van der Waals surface area contributed by atoms with Gasteiger partial charge in [0.15, 0.2) is 0 Å². The van der Waals surface area contributed by atoms with Crippen LogP contribution in [0.1, 0.15) is 44.3 Å². The van der Waals surface area contributed by atoms with Gasteiger partial charge >= 0.3 is 0 Å². The first-order valence-electron chi connectivity index (χ1n) is 9.44. The van der Waals surface area contributed by atoms with E-state index < -0.39 is 0 Å². The highest BCUT2D eigenvalue weighted by Gasteiger charge is 2.53. The van der Waals surface area contributed by atoms with Crippen molar-refractivity contribution < 1.29 is 0 Å². The maximum absolute atomic E-state index is 5.18. The second-order valence-electron chi connectivity index (χ2n) is 8.62. The van der Waals surface area contributed by atoms with E-state index in [0.29, 0.717) is 0 Å². The Kier molecular flexibility index (Phi) is 2.54. The van der Waals surface area contributed by atoms with E-state index in [4.69, 9.17) is 9.97 Å². The molecule has 0 amide bonds. The first-order chi connectivity index (χ1) is 11.8. The van der Waals surface area contributed by atoms with Crippen LogP contribution in [-0.4, -0.2) is 9.97 Å². The molecule has 3 aromatic rings. The highest BCUT2D eigenvalue weighted by Crippen LogP contribution is 2.60. The van der Waals surface area contributed by atoms with Gasteiger partial charge in [0.05, 0.1) is 5.52 Å². The summed E-state index contributed by atoms with van der Waals surface area (Å²) < 4.78 is 0. The standard InChI is InChI=1S/C22H22N2/c1-2-4-19-17(3-1)5-6-18-13-23-21(24-20(18)19)22-10-14-7-15(11-22)9-16(8-14)12-22/h1-6,13-16H,7-12H2. The Balaban J connectivity index is 1.56. The third-order valence-corrected chi connectivity index (χ3v) is 6.99. The van der Waals surface area contributed by atoms with E-state index in [2.05, 4.69) is 42.6 Å². The van der Waals surface area contributed by atoms with E-state index in [9.17, 15) is 0 Å². The molecule has 0 radical (unpaired) electrons. The van der Waals surface area contributed by atoms with Crippen molar-refractivity contribution in [1.29, 1.82) is 0 Å². The van der Waals surface area contributed by atoms with Gasteiger partial charge in [0, 0.05) is 22.4 Å². The fourth-order valence-electron chi connectivity index (χ4n) is 6.41. The average molecular weight is 314 g/mol. The Bertz CT molecular complexity index is 923. The van der Waals surface area contributed by atoms with E-state index in [1.807, 2.05) is 0 Å². The average Bonchev–Trinajstić information content (AvgIpc) is 2.60. The quantitative estimate of drug-likeness (QED) is 0.573. The molecule has 2 nitrogen and oxygen atoms in total. The zero-order valence-electron chi connectivity index (χ0n) is 13.9. The van der Waals surface area contributed by atoms with Crippen LogP contribution >= 0.6 is 0 Å². The molecule has 24 heavy (non-hydrogen) atoms. The Morgan fingerprint density at radius 3 is 2.21 bits per heavy atom. The van der Waals surface area contributed by atoms with Gasteiger partial charge in [-0.1, -0.05) is 36.4 Å². The van der Waals surface area contributed by atoms with Crippen molar-refractivity contribution in [3.63, 3.8) is 0 Å². The molecule has 4 aliphatic rings. The summed E-state index contributed by atoms with van der Waals surface area (Å²) in [6.07, 6.45) is 10.5. The maximum Gasteiger partial charge on any atom is 0.135 e. The molecule has 4 fully saturated rings. The minimum atomic E-state index is 0.278. The lowest BCUT2D eigenvalue weighted by molar-refractivity contribution is -0.00922. The van der Waals surface area contributed by atoms with Crippen molar-refractivity contribution in [2.75, 3.05) is 0 Å². The summed E-state index contributed by atoms with van der Waals surface area (Å²) in [6, 6.07) is 13.0. The predicted molar refractivity (Wildman–Crippen MR) is 96.9 cm³/mol. The minimum Gasteiger partial charge on any atom is -0.240 e. The Hall–Kier alpha value is -1.96. The Morgan fingerprint density at radius 1 is 0.792 bits per heavy atom. The van der Waals surface area contributed by atoms with Crippen molar-refractivity contribution in [3.05, 3.63) is 48.4 Å². The Morgan fingerprint density at radius 2 is 1.46 bits per heavy atom. The van der Waals surface area contributed by atoms with Crippen molar-refractivity contribution in [1.82, 2.24) is 9.97 Å². The van der Waals surface area contributed by atoms with Gasteiger partial charge in [-0.25, -0.2) is 9.97 Å². The number of aromatic nitrogens is 2. The summed E-state index contributed by atoms with van der Waals surface area (Å²) in [5.41, 5.74) is 1.42. The molecule has 0 N–H and O–H groups in total. The number of fused-ring (bicyclic) bond motifs is 3. The van der Waals surface area contributed by atoms with Crippen LogP contribution in [0.15, 0.2) is 42.6 Å². The molecule has 2 aromatic carbocycles. The smallest absolute Gasteiger partial charge is 0.135 e. The summed E-state index contributed by atoms with van der Waals surface area (Å²) in [6.45, 7) is 0. The SMILES string of the molecule is c1ccc2c(c1)ccc1cnc(C34CC5CC(CC(C5)C3)C4)nc12. The van der Waals surface area contributed by atoms with Crippen molar-refractivity contribution >= 4 is 21.7 Å². The molecular weight excluding hydrogens is 292 g/mol. The van der Waals surface area contributed by atoms with Gasteiger partial charge in [0.1, 0.15) is 5.82 Å². The first-order valence-corrected chi connectivity index (χ1v) is 9.44. The van der Waals surface area contributed by atoms with E-state index >= 15 is 0 Å². The third-order valence-electron chi connectivity index (χ3n) is 6.99. The second kappa shape index (κ2) is 4.56. The molecule has 0 saturated heterocycles.